The molecule has 1 fully saturated rings. The van der Waals surface area contributed by atoms with Crippen molar-refractivity contribution >= 4 is 23.5 Å². The first kappa shape index (κ1) is 19.9. The summed E-state index contributed by atoms with van der Waals surface area (Å²) in [5, 5.41) is 11.8. The zero-order valence-corrected chi connectivity index (χ0v) is 15.7. The third-order valence-electron chi connectivity index (χ3n) is 4.79. The lowest BCUT2D eigenvalue weighted by Gasteiger charge is -2.29. The molecule has 1 aliphatic rings. The van der Waals surface area contributed by atoms with E-state index in [-0.39, 0.29) is 37.8 Å². The highest BCUT2D eigenvalue weighted by Gasteiger charge is 2.39. The lowest BCUT2D eigenvalue weighted by Crippen LogP contribution is -2.52. The lowest BCUT2D eigenvalue weighted by molar-refractivity contribution is -0.140. The summed E-state index contributed by atoms with van der Waals surface area (Å²) in [5.41, 5.74) is 1.89. The van der Waals surface area contributed by atoms with E-state index in [1.807, 2.05) is 32.0 Å². The molecule has 2 atom stereocenters. The van der Waals surface area contributed by atoms with E-state index in [9.17, 15) is 14.4 Å². The van der Waals surface area contributed by atoms with Crippen LogP contribution in [-0.4, -0.2) is 48.7 Å². The van der Waals surface area contributed by atoms with Crippen LogP contribution in [0.15, 0.2) is 18.2 Å². The molecule has 0 radical (unpaired) electrons. The van der Waals surface area contributed by atoms with Crippen LogP contribution in [-0.2, 0) is 19.1 Å². The first-order valence-electron chi connectivity index (χ1n) is 8.56. The fraction of sp³-hybridized carbons (Fsp3) is 0.526. The second-order valence-electron chi connectivity index (χ2n) is 7.18. The quantitative estimate of drug-likeness (QED) is 0.769. The van der Waals surface area contributed by atoms with Crippen molar-refractivity contribution in [2.75, 3.05) is 25.2 Å². The summed E-state index contributed by atoms with van der Waals surface area (Å²) >= 11 is 0. The van der Waals surface area contributed by atoms with Crippen molar-refractivity contribution in [2.45, 2.75) is 39.2 Å². The third kappa shape index (κ3) is 4.40. The minimum atomic E-state index is -1.02. The van der Waals surface area contributed by atoms with Crippen LogP contribution in [0.2, 0.25) is 0 Å². The Balaban J connectivity index is 2.13. The van der Waals surface area contributed by atoms with Crippen molar-refractivity contribution in [3.05, 3.63) is 29.3 Å². The molecule has 26 heavy (non-hydrogen) atoms. The number of amides is 2. The Bertz CT molecular complexity index is 718. The van der Waals surface area contributed by atoms with Gasteiger partial charge in [0.05, 0.1) is 24.5 Å². The Hall–Kier alpha value is -2.41. The molecular weight excluding hydrogens is 336 g/mol. The molecule has 2 rings (SSSR count). The number of benzene rings is 1. The standard InChI is InChI=1S/C19H26N2O5/c1-12-6-5-7-15(13(12)2)21-10-14(8-16(21)22)18(25)20-19(3,11-26-4)9-17(23)24/h5-7,14H,8-11H2,1-4H3,(H,20,25)(H,23,24). The maximum absolute atomic E-state index is 12.7. The Morgan fingerprint density at radius 2 is 2.08 bits per heavy atom. The Kier molecular flexibility index (Phi) is 6.02. The number of rotatable bonds is 7. The molecule has 0 aromatic heterocycles. The van der Waals surface area contributed by atoms with Gasteiger partial charge < -0.3 is 20.1 Å². The van der Waals surface area contributed by atoms with Crippen molar-refractivity contribution in [3.63, 3.8) is 0 Å². The number of ether oxygens (including phenoxy) is 1. The zero-order valence-electron chi connectivity index (χ0n) is 15.7. The van der Waals surface area contributed by atoms with Crippen molar-refractivity contribution in [1.29, 1.82) is 0 Å². The summed E-state index contributed by atoms with van der Waals surface area (Å²) in [7, 11) is 1.45. The van der Waals surface area contributed by atoms with E-state index < -0.39 is 17.4 Å². The summed E-state index contributed by atoms with van der Waals surface area (Å²) in [4.78, 5) is 37.8. The summed E-state index contributed by atoms with van der Waals surface area (Å²) < 4.78 is 5.06. The highest BCUT2D eigenvalue weighted by Crippen LogP contribution is 2.29. The molecule has 0 spiro atoms. The van der Waals surface area contributed by atoms with Gasteiger partial charge in [0, 0.05) is 25.8 Å². The number of aliphatic carboxylic acids is 1. The van der Waals surface area contributed by atoms with Crippen LogP contribution in [0.1, 0.15) is 30.9 Å². The number of carbonyl (C=O) groups is 3. The summed E-state index contributed by atoms with van der Waals surface area (Å²) in [6.07, 6.45) is -0.150. The maximum Gasteiger partial charge on any atom is 0.305 e. The molecule has 2 unspecified atom stereocenters. The Labute approximate surface area is 153 Å². The van der Waals surface area contributed by atoms with E-state index in [1.54, 1.807) is 11.8 Å². The van der Waals surface area contributed by atoms with E-state index in [1.165, 1.54) is 7.11 Å². The molecule has 0 saturated carbocycles. The van der Waals surface area contributed by atoms with Gasteiger partial charge in [-0.25, -0.2) is 0 Å². The van der Waals surface area contributed by atoms with E-state index >= 15 is 0 Å². The average molecular weight is 362 g/mol. The number of carboxylic acids is 1. The van der Waals surface area contributed by atoms with Gasteiger partial charge in [-0.05, 0) is 38.0 Å². The van der Waals surface area contributed by atoms with Gasteiger partial charge in [0.2, 0.25) is 11.8 Å². The maximum atomic E-state index is 12.7. The van der Waals surface area contributed by atoms with Crippen molar-refractivity contribution in [2.24, 2.45) is 5.92 Å². The number of hydrogen-bond acceptors (Lipinski definition) is 4. The molecule has 1 aliphatic heterocycles. The first-order valence-corrected chi connectivity index (χ1v) is 8.56. The normalized spacial score (nSPS) is 19.3. The van der Waals surface area contributed by atoms with Crippen LogP contribution in [0.4, 0.5) is 5.69 Å². The van der Waals surface area contributed by atoms with Gasteiger partial charge in [-0.2, -0.15) is 0 Å². The van der Waals surface area contributed by atoms with Crippen molar-refractivity contribution in [1.82, 2.24) is 5.32 Å². The van der Waals surface area contributed by atoms with Crippen LogP contribution in [0.3, 0.4) is 0 Å². The van der Waals surface area contributed by atoms with Crippen LogP contribution < -0.4 is 10.2 Å². The van der Waals surface area contributed by atoms with Gasteiger partial charge in [-0.1, -0.05) is 12.1 Å². The molecule has 142 valence electrons. The molecule has 1 heterocycles. The fourth-order valence-corrected chi connectivity index (χ4v) is 3.33. The van der Waals surface area contributed by atoms with Crippen LogP contribution in [0.25, 0.3) is 0 Å². The minimum absolute atomic E-state index is 0.0758. The highest BCUT2D eigenvalue weighted by molar-refractivity contribution is 6.01. The number of methoxy groups -OCH3 is 1. The van der Waals surface area contributed by atoms with E-state index in [4.69, 9.17) is 9.84 Å². The number of nitrogens with zero attached hydrogens (tertiary/aromatic N) is 1. The highest BCUT2D eigenvalue weighted by atomic mass is 16.5. The van der Waals surface area contributed by atoms with Crippen LogP contribution in [0.5, 0.6) is 0 Å². The molecule has 1 saturated heterocycles. The number of anilines is 1. The van der Waals surface area contributed by atoms with Gasteiger partial charge in [-0.15, -0.1) is 0 Å². The molecule has 7 nitrogen and oxygen atoms in total. The monoisotopic (exact) mass is 362 g/mol. The number of hydrogen-bond donors (Lipinski definition) is 2. The zero-order chi connectivity index (χ0) is 19.5. The Morgan fingerprint density at radius 1 is 1.38 bits per heavy atom. The van der Waals surface area contributed by atoms with E-state index in [0.29, 0.717) is 0 Å². The second kappa shape index (κ2) is 7.86. The topological polar surface area (TPSA) is 95.9 Å². The summed E-state index contributed by atoms with van der Waals surface area (Å²) in [6, 6.07) is 5.74. The Morgan fingerprint density at radius 3 is 2.69 bits per heavy atom. The summed E-state index contributed by atoms with van der Waals surface area (Å²) in [6.45, 7) is 5.92. The van der Waals surface area contributed by atoms with Gasteiger partial charge in [0.25, 0.3) is 0 Å². The molecule has 0 aliphatic carbocycles. The van der Waals surface area contributed by atoms with Crippen molar-refractivity contribution in [3.8, 4) is 0 Å². The molecule has 1 aromatic rings. The lowest BCUT2D eigenvalue weighted by atomic mass is 9.97. The van der Waals surface area contributed by atoms with E-state index in [0.717, 1.165) is 16.8 Å². The predicted octanol–water partition coefficient (Wildman–Crippen LogP) is 1.65. The van der Waals surface area contributed by atoms with Gasteiger partial charge in [-0.3, -0.25) is 14.4 Å². The average Bonchev–Trinajstić information content (AvgIpc) is 2.91. The second-order valence-corrected chi connectivity index (χ2v) is 7.18. The SMILES string of the molecule is COCC(C)(CC(=O)O)NC(=O)C1CC(=O)N(c2cccc(C)c2C)C1. The number of carboxylic acid groups (broad SMARTS) is 1. The van der Waals surface area contributed by atoms with Gasteiger partial charge in [0.15, 0.2) is 0 Å². The van der Waals surface area contributed by atoms with Crippen LogP contribution >= 0.6 is 0 Å². The molecule has 7 heteroatoms. The smallest absolute Gasteiger partial charge is 0.305 e. The minimum Gasteiger partial charge on any atom is -0.481 e. The first-order chi connectivity index (χ1) is 12.2. The van der Waals surface area contributed by atoms with Gasteiger partial charge in [0.1, 0.15) is 0 Å². The number of aryl methyl sites for hydroxylation is 1. The molecular formula is C19H26N2O5. The summed E-state index contributed by atoms with van der Waals surface area (Å²) in [5.74, 6) is -1.98. The molecule has 0 bridgehead atoms. The third-order valence-corrected chi connectivity index (χ3v) is 4.79. The van der Waals surface area contributed by atoms with Crippen LogP contribution in [0, 0.1) is 19.8 Å². The predicted molar refractivity (Wildman–Crippen MR) is 97.1 cm³/mol. The molecule has 1 aromatic carbocycles. The largest absolute Gasteiger partial charge is 0.481 e. The van der Waals surface area contributed by atoms with E-state index in [2.05, 4.69) is 5.32 Å². The molecule has 2 amide bonds. The number of nitrogens with one attached hydrogen (secondary N) is 1. The molecule has 2 N–H and O–H groups in total. The van der Waals surface area contributed by atoms with Crippen molar-refractivity contribution < 1.29 is 24.2 Å². The number of carbonyl (C=O) groups excluding carboxylic acids is 2. The fourth-order valence-electron chi connectivity index (χ4n) is 3.33. The van der Waals surface area contributed by atoms with Gasteiger partial charge >= 0.3 is 5.97 Å².